The van der Waals surface area contributed by atoms with Gasteiger partial charge in [0.2, 0.25) is 0 Å². The number of carbonyl (C=O) groups excluding carboxylic acids is 1. The smallest absolute Gasteiger partial charge is 0.165 e. The number of carbonyl (C=O) groups is 1. The summed E-state index contributed by atoms with van der Waals surface area (Å²) in [6.07, 6.45) is 6.37. The van der Waals surface area contributed by atoms with Gasteiger partial charge in [-0.3, -0.25) is 4.79 Å². The number of fused-ring (bicyclic) bond motifs is 1. The van der Waals surface area contributed by atoms with Gasteiger partial charge < -0.3 is 9.30 Å². The Bertz CT molecular complexity index is 467. The first-order valence-corrected chi connectivity index (χ1v) is 6.88. The average molecular weight is 247 g/mol. The van der Waals surface area contributed by atoms with Crippen LogP contribution >= 0.6 is 0 Å². The first-order chi connectivity index (χ1) is 8.55. The van der Waals surface area contributed by atoms with Crippen LogP contribution in [0.5, 0.6) is 0 Å². The van der Waals surface area contributed by atoms with Crippen molar-refractivity contribution in [3.8, 4) is 0 Å². The number of rotatable bonds is 2. The van der Waals surface area contributed by atoms with Crippen molar-refractivity contribution in [2.24, 2.45) is 5.41 Å². The van der Waals surface area contributed by atoms with E-state index in [1.54, 1.807) is 0 Å². The Balaban J connectivity index is 1.87. The molecule has 1 atom stereocenters. The average Bonchev–Trinajstić information content (AvgIpc) is 2.88. The third-order valence-corrected chi connectivity index (χ3v) is 4.09. The van der Waals surface area contributed by atoms with Crippen molar-refractivity contribution in [3.05, 3.63) is 23.5 Å². The Morgan fingerprint density at radius 1 is 1.44 bits per heavy atom. The summed E-state index contributed by atoms with van der Waals surface area (Å²) in [5.41, 5.74) is 2.25. The third kappa shape index (κ3) is 2.12. The molecular formula is C15H21NO2. The molecule has 0 amide bonds. The fraction of sp³-hybridized carbons (Fsp3) is 0.667. The highest BCUT2D eigenvalue weighted by atomic mass is 16.5. The minimum atomic E-state index is 0.0940. The van der Waals surface area contributed by atoms with Crippen LogP contribution in [0.4, 0.5) is 0 Å². The number of Topliss-reactive ketones (excluding diaryl/α,β-unsaturated/α-hetero) is 1. The zero-order valence-electron chi connectivity index (χ0n) is 11.2. The molecular weight excluding hydrogens is 226 g/mol. The van der Waals surface area contributed by atoms with Crippen LogP contribution in [-0.4, -0.2) is 23.1 Å². The van der Waals surface area contributed by atoms with Crippen LogP contribution in [0.15, 0.2) is 12.3 Å². The van der Waals surface area contributed by atoms with Gasteiger partial charge in [-0.25, -0.2) is 0 Å². The molecule has 0 radical (unpaired) electrons. The summed E-state index contributed by atoms with van der Waals surface area (Å²) in [5, 5.41) is 0. The summed E-state index contributed by atoms with van der Waals surface area (Å²) in [6.45, 7) is 6.14. The molecule has 0 aromatic carbocycles. The summed E-state index contributed by atoms with van der Waals surface area (Å²) in [5.74, 6) is 0.298. The molecule has 0 spiro atoms. The van der Waals surface area contributed by atoms with E-state index in [9.17, 15) is 4.79 Å². The SMILES string of the molecule is CC1(C)CC(=O)c2ccn(CC3CCCO3)c2C1. The lowest BCUT2D eigenvalue weighted by molar-refractivity contribution is 0.0887. The summed E-state index contributed by atoms with van der Waals surface area (Å²) in [4.78, 5) is 12.1. The van der Waals surface area contributed by atoms with Gasteiger partial charge in [0.25, 0.3) is 0 Å². The van der Waals surface area contributed by atoms with Gasteiger partial charge in [0.15, 0.2) is 5.78 Å². The molecule has 1 aliphatic carbocycles. The second-order valence-corrected chi connectivity index (χ2v) is 6.40. The van der Waals surface area contributed by atoms with Gasteiger partial charge in [-0.15, -0.1) is 0 Å². The molecule has 3 rings (SSSR count). The molecule has 1 fully saturated rings. The molecule has 98 valence electrons. The zero-order valence-corrected chi connectivity index (χ0v) is 11.2. The second-order valence-electron chi connectivity index (χ2n) is 6.40. The number of aromatic nitrogens is 1. The molecule has 1 aliphatic heterocycles. The van der Waals surface area contributed by atoms with E-state index in [1.165, 1.54) is 12.1 Å². The Hall–Kier alpha value is -1.09. The third-order valence-electron chi connectivity index (χ3n) is 4.09. The lowest BCUT2D eigenvalue weighted by atomic mass is 9.76. The van der Waals surface area contributed by atoms with Crippen molar-refractivity contribution in [3.63, 3.8) is 0 Å². The first kappa shape index (κ1) is 12.0. The van der Waals surface area contributed by atoms with Crippen LogP contribution < -0.4 is 0 Å². The molecule has 3 heteroatoms. The van der Waals surface area contributed by atoms with Gasteiger partial charge in [-0.05, 0) is 30.7 Å². The maximum absolute atomic E-state index is 12.1. The molecule has 0 bridgehead atoms. The van der Waals surface area contributed by atoms with E-state index in [-0.39, 0.29) is 5.41 Å². The second kappa shape index (κ2) is 4.23. The minimum absolute atomic E-state index is 0.0940. The number of ether oxygens (including phenoxy) is 1. The standard InChI is InChI=1S/C15H21NO2/c1-15(2)8-13-12(14(17)9-15)5-6-16(13)10-11-4-3-7-18-11/h5-6,11H,3-4,7-10H2,1-2H3. The molecule has 0 saturated carbocycles. The van der Waals surface area contributed by atoms with Crippen molar-refractivity contribution in [2.75, 3.05) is 6.61 Å². The van der Waals surface area contributed by atoms with E-state index in [1.807, 2.05) is 6.07 Å². The Morgan fingerprint density at radius 3 is 3.00 bits per heavy atom. The lowest BCUT2D eigenvalue weighted by Gasteiger charge is -2.30. The van der Waals surface area contributed by atoms with Gasteiger partial charge in [0.05, 0.1) is 6.10 Å². The van der Waals surface area contributed by atoms with Gasteiger partial charge in [-0.1, -0.05) is 13.8 Å². The molecule has 0 N–H and O–H groups in total. The highest BCUT2D eigenvalue weighted by molar-refractivity contribution is 5.98. The highest BCUT2D eigenvalue weighted by Crippen LogP contribution is 2.35. The first-order valence-electron chi connectivity index (χ1n) is 6.88. The van der Waals surface area contributed by atoms with E-state index in [2.05, 4.69) is 24.6 Å². The molecule has 3 nitrogen and oxygen atoms in total. The fourth-order valence-corrected chi connectivity index (χ4v) is 3.18. The molecule has 1 saturated heterocycles. The highest BCUT2D eigenvalue weighted by Gasteiger charge is 2.33. The van der Waals surface area contributed by atoms with Crippen LogP contribution in [0.25, 0.3) is 0 Å². The monoisotopic (exact) mass is 247 g/mol. The van der Waals surface area contributed by atoms with Gasteiger partial charge in [-0.2, -0.15) is 0 Å². The maximum Gasteiger partial charge on any atom is 0.165 e. The number of hydrogen-bond donors (Lipinski definition) is 0. The van der Waals surface area contributed by atoms with Crippen molar-refractivity contribution in [1.29, 1.82) is 0 Å². The van der Waals surface area contributed by atoms with Crippen LogP contribution in [0, 0.1) is 5.41 Å². The van der Waals surface area contributed by atoms with Crippen LogP contribution in [0.2, 0.25) is 0 Å². The van der Waals surface area contributed by atoms with Gasteiger partial charge in [0.1, 0.15) is 0 Å². The normalized spacial score (nSPS) is 26.3. The molecule has 18 heavy (non-hydrogen) atoms. The topological polar surface area (TPSA) is 31.2 Å². The van der Waals surface area contributed by atoms with E-state index in [4.69, 9.17) is 4.74 Å². The van der Waals surface area contributed by atoms with Crippen LogP contribution in [-0.2, 0) is 17.7 Å². The quantitative estimate of drug-likeness (QED) is 0.804. The largest absolute Gasteiger partial charge is 0.376 e. The molecule has 1 unspecified atom stereocenters. The van der Waals surface area contributed by atoms with Crippen molar-refractivity contribution >= 4 is 5.78 Å². The van der Waals surface area contributed by atoms with Gasteiger partial charge in [0, 0.05) is 37.0 Å². The molecule has 1 aromatic heterocycles. The van der Waals surface area contributed by atoms with Gasteiger partial charge >= 0.3 is 0 Å². The summed E-state index contributed by atoms with van der Waals surface area (Å²) in [6, 6.07) is 1.99. The number of nitrogens with zero attached hydrogens (tertiary/aromatic N) is 1. The number of hydrogen-bond acceptors (Lipinski definition) is 2. The Morgan fingerprint density at radius 2 is 2.28 bits per heavy atom. The van der Waals surface area contributed by atoms with Crippen molar-refractivity contribution in [1.82, 2.24) is 4.57 Å². The van der Waals surface area contributed by atoms with E-state index in [0.717, 1.165) is 31.6 Å². The van der Waals surface area contributed by atoms with Crippen LogP contribution in [0.1, 0.15) is 49.2 Å². The molecule has 2 heterocycles. The van der Waals surface area contributed by atoms with E-state index < -0.39 is 0 Å². The van der Waals surface area contributed by atoms with E-state index in [0.29, 0.717) is 18.3 Å². The zero-order chi connectivity index (χ0) is 12.8. The summed E-state index contributed by atoms with van der Waals surface area (Å²) in [7, 11) is 0. The van der Waals surface area contributed by atoms with Crippen molar-refractivity contribution < 1.29 is 9.53 Å². The minimum Gasteiger partial charge on any atom is -0.376 e. The predicted molar refractivity (Wildman–Crippen MR) is 69.8 cm³/mol. The Labute approximate surface area is 108 Å². The maximum atomic E-state index is 12.1. The summed E-state index contributed by atoms with van der Waals surface area (Å²) < 4.78 is 7.93. The van der Waals surface area contributed by atoms with Crippen molar-refractivity contribution in [2.45, 2.75) is 52.2 Å². The summed E-state index contributed by atoms with van der Waals surface area (Å²) >= 11 is 0. The number of ketones is 1. The molecule has 2 aliphatic rings. The Kier molecular flexibility index (Phi) is 2.81. The van der Waals surface area contributed by atoms with E-state index >= 15 is 0 Å². The fourth-order valence-electron chi connectivity index (χ4n) is 3.18. The lowest BCUT2D eigenvalue weighted by Crippen LogP contribution is -2.29. The predicted octanol–water partition coefficient (Wildman–Crippen LogP) is 2.82. The van der Waals surface area contributed by atoms with Crippen LogP contribution in [0.3, 0.4) is 0 Å². The molecule has 1 aromatic rings.